The summed E-state index contributed by atoms with van der Waals surface area (Å²) in [5, 5.41) is 0. The molecule has 216 valence electrons. The van der Waals surface area contributed by atoms with E-state index in [-0.39, 0.29) is 9.79 Å². The first-order valence-corrected chi connectivity index (χ1v) is 16.1. The molecule has 0 aliphatic rings. The van der Waals surface area contributed by atoms with Crippen molar-refractivity contribution < 1.29 is 25.9 Å². The summed E-state index contributed by atoms with van der Waals surface area (Å²) in [6, 6.07) is 29.3. The van der Waals surface area contributed by atoms with E-state index in [1.807, 2.05) is 0 Å². The molecule has 4 aromatic carbocycles. The average Bonchev–Trinajstić information content (AvgIpc) is 2.95. The fraction of sp³-hybridized carbons (Fsp3) is 0.226. The minimum Gasteiger partial charge on any atom is -0.367 e. The molecule has 0 saturated heterocycles. The van der Waals surface area contributed by atoms with E-state index >= 15 is 0 Å². The predicted octanol–water partition coefficient (Wildman–Crippen LogP) is 5.82. The first-order chi connectivity index (χ1) is 19.5. The van der Waals surface area contributed by atoms with E-state index in [1.54, 1.807) is 24.3 Å². The SMILES string of the molecule is CCN(Cc1ccc(S(=O)(=O)O)cc1)c1ccc(Cc2ccc(N(CC)Cc3ccc(S(=O)(=O)O)cc3)cc2)cc1. The van der Waals surface area contributed by atoms with Crippen LogP contribution in [0.1, 0.15) is 36.1 Å². The highest BCUT2D eigenvalue weighted by Gasteiger charge is 2.12. The second-order valence-electron chi connectivity index (χ2n) is 9.78. The van der Waals surface area contributed by atoms with Crippen molar-refractivity contribution in [2.75, 3.05) is 22.9 Å². The Balaban J connectivity index is 1.37. The van der Waals surface area contributed by atoms with Gasteiger partial charge in [0.1, 0.15) is 0 Å². The van der Waals surface area contributed by atoms with Crippen molar-refractivity contribution in [2.45, 2.75) is 43.1 Å². The van der Waals surface area contributed by atoms with Gasteiger partial charge in [0, 0.05) is 37.6 Å². The Morgan fingerprint density at radius 1 is 0.488 bits per heavy atom. The maximum Gasteiger partial charge on any atom is 0.294 e. The first-order valence-electron chi connectivity index (χ1n) is 13.3. The number of nitrogens with zero attached hydrogens (tertiary/aromatic N) is 2. The lowest BCUT2D eigenvalue weighted by Gasteiger charge is -2.24. The van der Waals surface area contributed by atoms with E-state index in [0.29, 0.717) is 13.1 Å². The highest BCUT2D eigenvalue weighted by atomic mass is 32.2. The van der Waals surface area contributed by atoms with Crippen molar-refractivity contribution in [1.29, 1.82) is 0 Å². The smallest absolute Gasteiger partial charge is 0.294 e. The van der Waals surface area contributed by atoms with E-state index in [2.05, 4.69) is 72.2 Å². The molecule has 4 aromatic rings. The molecule has 0 unspecified atom stereocenters. The molecular weight excluding hydrogens is 560 g/mol. The lowest BCUT2D eigenvalue weighted by Crippen LogP contribution is -2.22. The summed E-state index contributed by atoms with van der Waals surface area (Å²) < 4.78 is 63.5. The standard InChI is InChI=1S/C31H34N2O6S2/c1-3-32(22-26-9-17-30(18-10-26)40(34,35)36)28-13-5-24(6-14-28)21-25-7-15-29(16-8-25)33(4-2)23-27-11-19-31(20-12-27)41(37,38)39/h5-20H,3-4,21-23H2,1-2H3,(H,34,35,36)(H,37,38,39). The molecule has 0 aromatic heterocycles. The Morgan fingerprint density at radius 3 is 1.05 bits per heavy atom. The Labute approximate surface area is 242 Å². The molecule has 2 N–H and O–H groups in total. The van der Waals surface area contributed by atoms with Gasteiger partial charge < -0.3 is 9.80 Å². The molecule has 0 atom stereocenters. The lowest BCUT2D eigenvalue weighted by molar-refractivity contribution is 0.481. The van der Waals surface area contributed by atoms with Crippen molar-refractivity contribution in [2.24, 2.45) is 0 Å². The number of rotatable bonds is 12. The fourth-order valence-electron chi connectivity index (χ4n) is 4.63. The van der Waals surface area contributed by atoms with Crippen molar-refractivity contribution in [3.63, 3.8) is 0 Å². The maximum atomic E-state index is 11.3. The first kappa shape index (κ1) is 30.3. The number of benzene rings is 4. The molecule has 0 spiro atoms. The van der Waals surface area contributed by atoms with E-state index in [9.17, 15) is 25.9 Å². The Hall–Kier alpha value is -3.70. The van der Waals surface area contributed by atoms with Gasteiger partial charge >= 0.3 is 0 Å². The number of anilines is 2. The molecular formula is C31H34N2O6S2. The fourth-order valence-corrected chi connectivity index (χ4v) is 5.59. The van der Waals surface area contributed by atoms with Gasteiger partial charge in [0.05, 0.1) is 9.79 Å². The van der Waals surface area contributed by atoms with Gasteiger partial charge in [-0.05, 0) is 91.1 Å². The van der Waals surface area contributed by atoms with E-state index < -0.39 is 20.2 Å². The number of hydrogen-bond donors (Lipinski definition) is 2. The van der Waals surface area contributed by atoms with Crippen LogP contribution in [0.5, 0.6) is 0 Å². The summed E-state index contributed by atoms with van der Waals surface area (Å²) in [4.78, 5) is 4.15. The van der Waals surface area contributed by atoms with E-state index in [4.69, 9.17) is 0 Å². The molecule has 8 nitrogen and oxygen atoms in total. The Morgan fingerprint density at radius 2 is 0.780 bits per heavy atom. The van der Waals surface area contributed by atoms with Gasteiger partial charge in [-0.3, -0.25) is 9.11 Å². The van der Waals surface area contributed by atoms with Crippen LogP contribution in [0.25, 0.3) is 0 Å². The summed E-state index contributed by atoms with van der Waals surface area (Å²) in [5.41, 5.74) is 6.38. The molecule has 10 heteroatoms. The Bertz CT molecular complexity index is 1530. The molecule has 0 fully saturated rings. The quantitative estimate of drug-likeness (QED) is 0.197. The highest BCUT2D eigenvalue weighted by molar-refractivity contribution is 7.86. The molecule has 0 saturated carbocycles. The van der Waals surface area contributed by atoms with Crippen molar-refractivity contribution in [3.8, 4) is 0 Å². The van der Waals surface area contributed by atoms with Gasteiger partial charge in [-0.25, -0.2) is 0 Å². The van der Waals surface area contributed by atoms with Crippen molar-refractivity contribution in [1.82, 2.24) is 0 Å². The van der Waals surface area contributed by atoms with E-state index in [0.717, 1.165) is 42.0 Å². The topological polar surface area (TPSA) is 115 Å². The van der Waals surface area contributed by atoms with Crippen LogP contribution in [0.3, 0.4) is 0 Å². The van der Waals surface area contributed by atoms with Crippen LogP contribution in [-0.2, 0) is 39.7 Å². The van der Waals surface area contributed by atoms with Gasteiger partial charge in [0.25, 0.3) is 20.2 Å². The van der Waals surface area contributed by atoms with Gasteiger partial charge in [-0.2, -0.15) is 16.8 Å². The van der Waals surface area contributed by atoms with Crippen LogP contribution in [-0.4, -0.2) is 39.0 Å². The second kappa shape index (κ2) is 12.9. The second-order valence-corrected chi connectivity index (χ2v) is 12.6. The molecule has 0 aliphatic heterocycles. The van der Waals surface area contributed by atoms with Gasteiger partial charge in [0.15, 0.2) is 0 Å². The van der Waals surface area contributed by atoms with E-state index in [1.165, 1.54) is 35.4 Å². The van der Waals surface area contributed by atoms with Crippen molar-refractivity contribution in [3.05, 3.63) is 119 Å². The summed E-state index contributed by atoms with van der Waals surface area (Å²) in [6.45, 7) is 6.91. The molecule has 0 radical (unpaired) electrons. The zero-order chi connectivity index (χ0) is 29.6. The van der Waals surface area contributed by atoms with Crippen LogP contribution in [0.15, 0.2) is 107 Å². The van der Waals surface area contributed by atoms with Crippen molar-refractivity contribution >= 4 is 31.6 Å². The molecule has 0 heterocycles. The third kappa shape index (κ3) is 8.17. The maximum absolute atomic E-state index is 11.3. The summed E-state index contributed by atoms with van der Waals surface area (Å²) in [5.74, 6) is 0. The van der Waals surface area contributed by atoms with Gasteiger partial charge in [-0.15, -0.1) is 0 Å². The molecule has 4 rings (SSSR count). The number of hydrogen-bond acceptors (Lipinski definition) is 6. The summed E-state index contributed by atoms with van der Waals surface area (Å²) in [7, 11) is -8.41. The third-order valence-electron chi connectivity index (χ3n) is 6.96. The van der Waals surface area contributed by atoms with Crippen LogP contribution in [0.4, 0.5) is 11.4 Å². The summed E-state index contributed by atoms with van der Waals surface area (Å²) >= 11 is 0. The monoisotopic (exact) mass is 594 g/mol. The third-order valence-corrected chi connectivity index (χ3v) is 8.70. The zero-order valence-corrected chi connectivity index (χ0v) is 24.6. The lowest BCUT2D eigenvalue weighted by atomic mass is 10.0. The summed E-state index contributed by atoms with van der Waals surface area (Å²) in [6.07, 6.45) is 0.785. The highest BCUT2D eigenvalue weighted by Crippen LogP contribution is 2.23. The molecule has 41 heavy (non-hydrogen) atoms. The molecule has 0 amide bonds. The largest absolute Gasteiger partial charge is 0.367 e. The average molecular weight is 595 g/mol. The van der Waals surface area contributed by atoms with Gasteiger partial charge in [0.2, 0.25) is 0 Å². The zero-order valence-electron chi connectivity index (χ0n) is 23.0. The normalized spacial score (nSPS) is 11.8. The minimum absolute atomic E-state index is 0.114. The van der Waals surface area contributed by atoms with Crippen LogP contribution in [0, 0.1) is 0 Å². The Kier molecular flexibility index (Phi) is 9.49. The predicted molar refractivity (Wildman–Crippen MR) is 162 cm³/mol. The molecule has 0 bridgehead atoms. The minimum atomic E-state index is -4.20. The van der Waals surface area contributed by atoms with Gasteiger partial charge in [-0.1, -0.05) is 48.5 Å². The van der Waals surface area contributed by atoms with Crippen LogP contribution >= 0.6 is 0 Å². The van der Waals surface area contributed by atoms with Crippen LogP contribution in [0.2, 0.25) is 0 Å². The van der Waals surface area contributed by atoms with Crippen LogP contribution < -0.4 is 9.80 Å². The molecule has 0 aliphatic carbocycles.